The zero-order valence-electron chi connectivity index (χ0n) is 28.7. The summed E-state index contributed by atoms with van der Waals surface area (Å²) in [5.41, 5.74) is 3.50. The fourth-order valence-corrected chi connectivity index (χ4v) is 5.97. The highest BCUT2D eigenvalue weighted by Crippen LogP contribution is 2.40. The summed E-state index contributed by atoms with van der Waals surface area (Å²) >= 11 is 0. The van der Waals surface area contributed by atoms with Crippen LogP contribution in [0.2, 0.25) is 0 Å². The third-order valence-corrected chi connectivity index (χ3v) is 8.28. The zero-order valence-corrected chi connectivity index (χ0v) is 28.7. The number of aromatic nitrogens is 1. The quantitative estimate of drug-likeness (QED) is 0.160. The molecule has 254 valence electrons. The van der Waals surface area contributed by atoms with Crippen molar-refractivity contribution in [3.05, 3.63) is 89.6 Å². The largest absolute Gasteiger partial charge is 0.465 e. The average molecular weight is 647 g/mol. The zero-order chi connectivity index (χ0) is 34.9. The van der Waals surface area contributed by atoms with Crippen LogP contribution in [-0.4, -0.2) is 64.6 Å². The van der Waals surface area contributed by atoms with Crippen LogP contribution in [0.25, 0.3) is 11.3 Å². The van der Waals surface area contributed by atoms with E-state index in [9.17, 15) is 24.6 Å². The summed E-state index contributed by atoms with van der Waals surface area (Å²) in [7, 11) is 1.24. The van der Waals surface area contributed by atoms with Crippen molar-refractivity contribution in [1.82, 2.24) is 20.9 Å². The number of carbonyl (C=O) groups excluding carboxylic acids is 2. The second-order valence-corrected chi connectivity index (χ2v) is 14.3. The first-order chi connectivity index (χ1) is 22.0. The van der Waals surface area contributed by atoms with E-state index in [1.54, 1.807) is 0 Å². The number of nitrogens with one attached hydrogen (secondary N) is 3. The van der Waals surface area contributed by atoms with Crippen molar-refractivity contribution in [2.75, 3.05) is 7.11 Å². The van der Waals surface area contributed by atoms with E-state index in [1.165, 1.54) is 7.11 Å². The van der Waals surface area contributed by atoms with Crippen LogP contribution in [0.3, 0.4) is 0 Å². The Morgan fingerprint density at radius 3 is 1.98 bits per heavy atom. The number of alkyl carbamates (subject to hydrolysis) is 1. The van der Waals surface area contributed by atoms with Crippen molar-refractivity contribution in [3.8, 4) is 11.3 Å². The highest BCUT2D eigenvalue weighted by molar-refractivity contribution is 5.86. The number of pyridine rings is 1. The van der Waals surface area contributed by atoms with Gasteiger partial charge in [0.05, 0.1) is 24.9 Å². The Labute approximate surface area is 278 Å². The van der Waals surface area contributed by atoms with E-state index in [4.69, 9.17) is 4.74 Å². The molecule has 3 amide bonds. The number of methoxy groups -OCH3 is 1. The Hall–Kier alpha value is -4.44. The first kappa shape index (κ1) is 37.0. The first-order valence-electron chi connectivity index (χ1n) is 15.9. The van der Waals surface area contributed by atoms with E-state index in [0.717, 1.165) is 27.9 Å². The monoisotopic (exact) mass is 646 g/mol. The average Bonchev–Trinajstić information content (AvgIpc) is 2.99. The minimum absolute atomic E-state index is 0.0296. The molecule has 1 unspecified atom stereocenters. The number of amides is 3. The maximum atomic E-state index is 14.0. The van der Waals surface area contributed by atoms with E-state index < -0.39 is 53.2 Å². The van der Waals surface area contributed by atoms with Crippen molar-refractivity contribution in [2.45, 2.75) is 91.5 Å². The number of aliphatic hydroxyl groups excluding tert-OH is 1. The van der Waals surface area contributed by atoms with Gasteiger partial charge in [-0.3, -0.25) is 9.78 Å². The molecular weight excluding hydrogens is 596 g/mol. The van der Waals surface area contributed by atoms with Gasteiger partial charge in [0.25, 0.3) is 0 Å². The molecule has 1 aromatic heterocycles. The molecule has 5 atom stereocenters. The number of hydrogen-bond acceptors (Lipinski definition) is 6. The highest BCUT2D eigenvalue weighted by atomic mass is 16.5. The molecule has 0 radical (unpaired) electrons. The topological polar surface area (TPSA) is 150 Å². The molecule has 0 fully saturated rings. The standard InChI is InChI=1S/C37H50N4O6/c1-23-14-19-27(38-22-23)25-15-17-26(18-16-25)31(36(2,3)4)29(39-33(43)32(37(5,6)7)41-35(46)47-8)21-30(42)28(40-34(44)45)20-24-12-10-9-11-13-24/h9-19,22,28-32,40,42H,20-21H2,1-8H3,(H,39,43)(H,41,46)(H,44,45)/t28-,29-,30+,31?,32+/m0/s1. The van der Waals surface area contributed by atoms with Crippen LogP contribution in [0.4, 0.5) is 9.59 Å². The number of rotatable bonds is 12. The lowest BCUT2D eigenvalue weighted by Gasteiger charge is -2.41. The summed E-state index contributed by atoms with van der Waals surface area (Å²) in [4.78, 5) is 42.7. The third kappa shape index (κ3) is 10.8. The van der Waals surface area contributed by atoms with Crippen LogP contribution in [-0.2, 0) is 16.0 Å². The number of carboxylic acid groups (broad SMARTS) is 1. The molecule has 10 heteroatoms. The van der Waals surface area contributed by atoms with Gasteiger partial charge in [-0.15, -0.1) is 0 Å². The maximum Gasteiger partial charge on any atom is 0.407 e. The summed E-state index contributed by atoms with van der Waals surface area (Å²) in [5.74, 6) is -0.775. The van der Waals surface area contributed by atoms with Crippen LogP contribution >= 0.6 is 0 Å². The number of benzene rings is 2. The predicted molar refractivity (Wildman–Crippen MR) is 183 cm³/mol. The number of carbonyl (C=O) groups is 3. The van der Waals surface area contributed by atoms with Crippen molar-refractivity contribution >= 4 is 18.1 Å². The van der Waals surface area contributed by atoms with Gasteiger partial charge in [-0.25, -0.2) is 9.59 Å². The molecule has 2 aromatic carbocycles. The summed E-state index contributed by atoms with van der Waals surface area (Å²) in [6.07, 6.45) is -1.06. The lowest BCUT2D eigenvalue weighted by molar-refractivity contribution is -0.126. The summed E-state index contributed by atoms with van der Waals surface area (Å²) in [6.45, 7) is 13.7. The maximum absolute atomic E-state index is 14.0. The Bertz CT molecular complexity index is 1460. The van der Waals surface area contributed by atoms with Gasteiger partial charge in [0.15, 0.2) is 0 Å². The summed E-state index contributed by atoms with van der Waals surface area (Å²) in [6, 6.07) is 18.8. The molecule has 3 rings (SSSR count). The van der Waals surface area contributed by atoms with E-state index >= 15 is 0 Å². The Morgan fingerprint density at radius 2 is 1.47 bits per heavy atom. The number of ether oxygens (including phenoxy) is 1. The van der Waals surface area contributed by atoms with Crippen LogP contribution in [0.15, 0.2) is 72.9 Å². The van der Waals surface area contributed by atoms with Crippen LogP contribution in [0.5, 0.6) is 0 Å². The molecule has 0 aliphatic rings. The Morgan fingerprint density at radius 1 is 0.830 bits per heavy atom. The van der Waals surface area contributed by atoms with E-state index in [2.05, 4.69) is 41.7 Å². The second-order valence-electron chi connectivity index (χ2n) is 14.3. The van der Waals surface area contributed by atoms with Gasteiger partial charge >= 0.3 is 12.2 Å². The Balaban J connectivity index is 2.06. The third-order valence-electron chi connectivity index (χ3n) is 8.28. The van der Waals surface area contributed by atoms with E-state index in [0.29, 0.717) is 0 Å². The van der Waals surface area contributed by atoms with Gasteiger partial charge in [0.1, 0.15) is 6.04 Å². The molecule has 0 saturated heterocycles. The van der Waals surface area contributed by atoms with E-state index in [1.807, 2.05) is 101 Å². The van der Waals surface area contributed by atoms with E-state index in [-0.39, 0.29) is 18.8 Å². The lowest BCUT2D eigenvalue weighted by Crippen LogP contribution is -2.58. The molecule has 0 spiro atoms. The molecule has 10 nitrogen and oxygen atoms in total. The van der Waals surface area contributed by atoms with Crippen molar-refractivity contribution in [3.63, 3.8) is 0 Å². The molecule has 0 saturated carbocycles. The van der Waals surface area contributed by atoms with Crippen LogP contribution in [0, 0.1) is 17.8 Å². The summed E-state index contributed by atoms with van der Waals surface area (Å²) in [5, 5.41) is 29.7. The van der Waals surface area contributed by atoms with Gasteiger partial charge < -0.3 is 30.9 Å². The summed E-state index contributed by atoms with van der Waals surface area (Å²) < 4.78 is 4.81. The predicted octanol–water partition coefficient (Wildman–Crippen LogP) is 6.07. The minimum atomic E-state index is -1.26. The normalized spacial score (nSPS) is 15.0. The fraction of sp³-hybridized carbons (Fsp3) is 0.459. The number of aliphatic hydroxyl groups is 1. The molecule has 47 heavy (non-hydrogen) atoms. The molecule has 5 N–H and O–H groups in total. The molecule has 0 bridgehead atoms. The number of hydrogen-bond donors (Lipinski definition) is 5. The molecule has 0 aliphatic carbocycles. The second kappa shape index (κ2) is 15.9. The lowest BCUT2D eigenvalue weighted by atomic mass is 9.70. The highest BCUT2D eigenvalue weighted by Gasteiger charge is 2.40. The minimum Gasteiger partial charge on any atom is -0.465 e. The molecular formula is C37H50N4O6. The van der Waals surface area contributed by atoms with Gasteiger partial charge in [0.2, 0.25) is 5.91 Å². The Kier molecular flexibility index (Phi) is 12.5. The fourth-order valence-electron chi connectivity index (χ4n) is 5.97. The van der Waals surface area contributed by atoms with Crippen molar-refractivity contribution in [2.24, 2.45) is 10.8 Å². The van der Waals surface area contributed by atoms with Gasteiger partial charge in [-0.2, -0.15) is 0 Å². The van der Waals surface area contributed by atoms with Gasteiger partial charge in [-0.1, -0.05) is 102 Å². The van der Waals surface area contributed by atoms with Gasteiger partial charge in [0, 0.05) is 23.7 Å². The van der Waals surface area contributed by atoms with Crippen LogP contribution < -0.4 is 16.0 Å². The number of aryl methyl sites for hydroxylation is 1. The van der Waals surface area contributed by atoms with Gasteiger partial charge in [-0.05, 0) is 53.4 Å². The number of nitrogens with zero attached hydrogens (tertiary/aromatic N) is 1. The molecule has 1 heterocycles. The molecule has 3 aromatic rings. The van der Waals surface area contributed by atoms with Crippen LogP contribution in [0.1, 0.15) is 70.6 Å². The smallest absolute Gasteiger partial charge is 0.407 e. The molecule has 0 aliphatic heterocycles. The van der Waals surface area contributed by atoms with Crippen molar-refractivity contribution < 1.29 is 29.3 Å². The SMILES string of the molecule is COC(=O)N[C@H](C(=O)N[C@@H](C[C@@H](O)[C@H](Cc1ccccc1)NC(=O)O)C(c1ccc(-c2ccc(C)cn2)cc1)C(C)(C)C)C(C)(C)C. The van der Waals surface area contributed by atoms with Crippen molar-refractivity contribution in [1.29, 1.82) is 0 Å². The first-order valence-corrected chi connectivity index (χ1v) is 15.9.